The molecule has 1 aromatic rings. The first-order valence-corrected chi connectivity index (χ1v) is 5.52. The van der Waals surface area contributed by atoms with E-state index in [0.717, 1.165) is 12.8 Å². The van der Waals surface area contributed by atoms with Crippen molar-refractivity contribution in [1.82, 2.24) is 0 Å². The standard InChI is InChI=1S/C11H13ClN2O2/c12-8-4-3-7(6-9(8)13)14-11(15)10-2-1-5-16-10/h3-4,6,10H,1-2,5,13H2,(H,14,15). The molecule has 1 saturated heterocycles. The van der Waals surface area contributed by atoms with Gasteiger partial charge in [-0.25, -0.2) is 0 Å². The maximum atomic E-state index is 11.7. The van der Waals surface area contributed by atoms with E-state index in [-0.39, 0.29) is 12.0 Å². The number of carbonyl (C=O) groups is 1. The lowest BCUT2D eigenvalue weighted by Crippen LogP contribution is -2.26. The van der Waals surface area contributed by atoms with Crippen LogP contribution in [0.15, 0.2) is 18.2 Å². The maximum Gasteiger partial charge on any atom is 0.253 e. The van der Waals surface area contributed by atoms with Gasteiger partial charge >= 0.3 is 0 Å². The lowest BCUT2D eigenvalue weighted by Gasteiger charge is -2.11. The Kier molecular flexibility index (Phi) is 3.31. The van der Waals surface area contributed by atoms with Gasteiger partial charge in [0.05, 0.1) is 10.7 Å². The van der Waals surface area contributed by atoms with Crippen molar-refractivity contribution in [3.63, 3.8) is 0 Å². The van der Waals surface area contributed by atoms with Gasteiger partial charge in [0, 0.05) is 12.3 Å². The molecule has 3 N–H and O–H groups in total. The predicted octanol–water partition coefficient (Wildman–Crippen LogP) is 2.04. The summed E-state index contributed by atoms with van der Waals surface area (Å²) in [5.74, 6) is -0.126. The molecule has 1 atom stereocenters. The molecular weight excluding hydrogens is 228 g/mol. The van der Waals surface area contributed by atoms with Gasteiger partial charge in [0.2, 0.25) is 0 Å². The van der Waals surface area contributed by atoms with Crippen LogP contribution in [-0.4, -0.2) is 18.6 Å². The maximum absolute atomic E-state index is 11.7. The first kappa shape index (κ1) is 11.2. The Morgan fingerprint density at radius 3 is 3.00 bits per heavy atom. The van der Waals surface area contributed by atoms with E-state index in [1.807, 2.05) is 0 Å². The van der Waals surface area contributed by atoms with Crippen LogP contribution in [0, 0.1) is 0 Å². The van der Waals surface area contributed by atoms with Crippen molar-refractivity contribution in [1.29, 1.82) is 0 Å². The highest BCUT2D eigenvalue weighted by molar-refractivity contribution is 6.33. The molecular formula is C11H13ClN2O2. The highest BCUT2D eigenvalue weighted by atomic mass is 35.5. The van der Waals surface area contributed by atoms with Gasteiger partial charge in [-0.1, -0.05) is 11.6 Å². The minimum Gasteiger partial charge on any atom is -0.397 e. The molecule has 0 aromatic heterocycles. The number of rotatable bonds is 2. The lowest BCUT2D eigenvalue weighted by atomic mass is 10.2. The third kappa shape index (κ3) is 2.46. The summed E-state index contributed by atoms with van der Waals surface area (Å²) >= 11 is 5.78. The Morgan fingerprint density at radius 2 is 2.38 bits per heavy atom. The fourth-order valence-electron chi connectivity index (χ4n) is 1.63. The van der Waals surface area contributed by atoms with Crippen molar-refractivity contribution in [2.24, 2.45) is 0 Å². The Labute approximate surface area is 98.7 Å². The molecule has 1 aromatic carbocycles. The molecule has 1 aliphatic rings. The van der Waals surface area contributed by atoms with Crippen molar-refractivity contribution in [2.75, 3.05) is 17.7 Å². The van der Waals surface area contributed by atoms with Gasteiger partial charge in [-0.05, 0) is 31.0 Å². The number of hydrogen-bond acceptors (Lipinski definition) is 3. The Hall–Kier alpha value is -1.26. The van der Waals surface area contributed by atoms with Crippen molar-refractivity contribution in [3.05, 3.63) is 23.2 Å². The predicted molar refractivity (Wildman–Crippen MR) is 63.5 cm³/mol. The minimum atomic E-state index is -0.336. The molecule has 4 nitrogen and oxygen atoms in total. The Bertz CT molecular complexity index is 403. The smallest absolute Gasteiger partial charge is 0.253 e. The van der Waals surface area contributed by atoms with E-state index in [1.165, 1.54) is 0 Å². The molecule has 0 spiro atoms. The van der Waals surface area contributed by atoms with E-state index >= 15 is 0 Å². The molecule has 2 rings (SSSR count). The average Bonchev–Trinajstić information content (AvgIpc) is 2.77. The molecule has 1 heterocycles. The molecule has 0 bridgehead atoms. The van der Waals surface area contributed by atoms with Crippen molar-refractivity contribution in [3.8, 4) is 0 Å². The summed E-state index contributed by atoms with van der Waals surface area (Å²) in [7, 11) is 0. The summed E-state index contributed by atoms with van der Waals surface area (Å²) in [5.41, 5.74) is 6.73. The van der Waals surface area contributed by atoms with Crippen LogP contribution in [0.2, 0.25) is 5.02 Å². The zero-order chi connectivity index (χ0) is 11.5. The fraction of sp³-hybridized carbons (Fsp3) is 0.364. The number of hydrogen-bond donors (Lipinski definition) is 2. The molecule has 16 heavy (non-hydrogen) atoms. The monoisotopic (exact) mass is 240 g/mol. The number of carbonyl (C=O) groups excluding carboxylic acids is 1. The van der Waals surface area contributed by atoms with Crippen molar-refractivity contribution < 1.29 is 9.53 Å². The normalized spacial score (nSPS) is 19.7. The van der Waals surface area contributed by atoms with E-state index in [4.69, 9.17) is 22.1 Å². The van der Waals surface area contributed by atoms with Gasteiger partial charge in [0.15, 0.2) is 0 Å². The van der Waals surface area contributed by atoms with Crippen LogP contribution < -0.4 is 11.1 Å². The van der Waals surface area contributed by atoms with E-state index in [9.17, 15) is 4.79 Å². The van der Waals surface area contributed by atoms with Gasteiger partial charge in [-0.15, -0.1) is 0 Å². The summed E-state index contributed by atoms with van der Waals surface area (Å²) in [6.07, 6.45) is 1.37. The van der Waals surface area contributed by atoms with E-state index in [0.29, 0.717) is 23.0 Å². The molecule has 86 valence electrons. The summed E-state index contributed by atoms with van der Waals surface area (Å²) in [6.45, 7) is 0.654. The molecule has 1 amide bonds. The number of nitrogen functional groups attached to an aromatic ring is 1. The van der Waals surface area contributed by atoms with Crippen LogP contribution in [0.5, 0.6) is 0 Å². The molecule has 0 aliphatic carbocycles. The second kappa shape index (κ2) is 4.72. The molecule has 1 fully saturated rings. The number of benzene rings is 1. The second-order valence-electron chi connectivity index (χ2n) is 3.73. The highest BCUT2D eigenvalue weighted by Crippen LogP contribution is 2.23. The molecule has 0 radical (unpaired) electrons. The van der Waals surface area contributed by atoms with Crippen LogP contribution >= 0.6 is 11.6 Å². The Balaban J connectivity index is 2.02. The number of amides is 1. The second-order valence-corrected chi connectivity index (χ2v) is 4.13. The lowest BCUT2D eigenvalue weighted by molar-refractivity contribution is -0.124. The molecule has 5 heteroatoms. The SMILES string of the molecule is Nc1cc(NC(=O)C2CCCO2)ccc1Cl. The van der Waals surface area contributed by atoms with E-state index < -0.39 is 0 Å². The summed E-state index contributed by atoms with van der Waals surface area (Å²) in [5, 5.41) is 3.23. The van der Waals surface area contributed by atoms with Crippen LogP contribution in [0.4, 0.5) is 11.4 Å². The zero-order valence-electron chi connectivity index (χ0n) is 8.70. The summed E-state index contributed by atoms with van der Waals surface area (Å²) in [4.78, 5) is 11.7. The first-order chi connectivity index (χ1) is 7.66. The van der Waals surface area contributed by atoms with Crippen molar-refractivity contribution >= 4 is 28.9 Å². The molecule has 1 unspecified atom stereocenters. The fourth-order valence-corrected chi connectivity index (χ4v) is 1.75. The third-order valence-electron chi connectivity index (χ3n) is 2.49. The largest absolute Gasteiger partial charge is 0.397 e. The van der Waals surface area contributed by atoms with Gasteiger partial charge in [-0.2, -0.15) is 0 Å². The van der Waals surface area contributed by atoms with Crippen LogP contribution in [0.1, 0.15) is 12.8 Å². The number of ether oxygens (including phenoxy) is 1. The van der Waals surface area contributed by atoms with Gasteiger partial charge in [-0.3, -0.25) is 4.79 Å². The van der Waals surface area contributed by atoms with Crippen molar-refractivity contribution in [2.45, 2.75) is 18.9 Å². The Morgan fingerprint density at radius 1 is 1.56 bits per heavy atom. The van der Waals surface area contributed by atoms with Crippen LogP contribution in [0.25, 0.3) is 0 Å². The summed E-state index contributed by atoms with van der Waals surface area (Å²) < 4.78 is 5.27. The van der Waals surface area contributed by atoms with Gasteiger partial charge in [0.1, 0.15) is 6.10 Å². The van der Waals surface area contributed by atoms with Gasteiger partial charge in [0.25, 0.3) is 5.91 Å². The van der Waals surface area contributed by atoms with Crippen LogP contribution in [0.3, 0.4) is 0 Å². The van der Waals surface area contributed by atoms with Gasteiger partial charge < -0.3 is 15.8 Å². The third-order valence-corrected chi connectivity index (χ3v) is 2.83. The summed E-state index contributed by atoms with van der Waals surface area (Å²) in [6, 6.07) is 5.00. The number of halogens is 1. The number of nitrogens with two attached hydrogens (primary N) is 1. The van der Waals surface area contributed by atoms with E-state index in [1.54, 1.807) is 18.2 Å². The topological polar surface area (TPSA) is 64.3 Å². The van der Waals surface area contributed by atoms with E-state index in [2.05, 4.69) is 5.32 Å². The quantitative estimate of drug-likeness (QED) is 0.778. The number of anilines is 2. The minimum absolute atomic E-state index is 0.126. The molecule has 1 aliphatic heterocycles. The average molecular weight is 241 g/mol. The molecule has 0 saturated carbocycles. The highest BCUT2D eigenvalue weighted by Gasteiger charge is 2.23. The number of nitrogens with one attached hydrogen (secondary N) is 1. The zero-order valence-corrected chi connectivity index (χ0v) is 9.46. The van der Waals surface area contributed by atoms with Crippen LogP contribution in [-0.2, 0) is 9.53 Å². The first-order valence-electron chi connectivity index (χ1n) is 5.14.